The van der Waals surface area contributed by atoms with Gasteiger partial charge in [-0.2, -0.15) is 8.78 Å². The Hall–Kier alpha value is -3.14. The monoisotopic (exact) mass is 432 g/mol. The number of nitrogens with zero attached hydrogens (tertiary/aromatic N) is 4. The van der Waals surface area contributed by atoms with E-state index >= 15 is 0 Å². The molecule has 0 fully saturated rings. The number of aromatic nitrogens is 4. The minimum absolute atomic E-state index is 0.235. The number of benzene rings is 2. The van der Waals surface area contributed by atoms with Gasteiger partial charge in [0.2, 0.25) is 5.89 Å². The Bertz CT molecular complexity index is 1160. The van der Waals surface area contributed by atoms with Crippen LogP contribution in [0.5, 0.6) is 11.5 Å². The zero-order valence-corrected chi connectivity index (χ0v) is 17.2. The number of hydrogen-bond acceptors (Lipinski definition) is 7. The van der Waals surface area contributed by atoms with Gasteiger partial charge in [0.05, 0.1) is 30.5 Å². The van der Waals surface area contributed by atoms with Crippen molar-refractivity contribution < 1.29 is 22.7 Å². The van der Waals surface area contributed by atoms with E-state index in [1.807, 2.05) is 0 Å². The van der Waals surface area contributed by atoms with E-state index in [0.717, 1.165) is 16.3 Å². The fourth-order valence-electron chi connectivity index (χ4n) is 3.06. The van der Waals surface area contributed by atoms with Crippen molar-refractivity contribution >= 4 is 22.8 Å². The lowest BCUT2D eigenvalue weighted by molar-refractivity contribution is 0.0715. The molecule has 4 aromatic rings. The van der Waals surface area contributed by atoms with Crippen molar-refractivity contribution in [2.24, 2.45) is 0 Å². The molecule has 0 saturated heterocycles. The molecule has 0 unspecified atom stereocenters. The summed E-state index contributed by atoms with van der Waals surface area (Å²) in [5.41, 5.74) is 1.51. The molecule has 0 bridgehead atoms. The maximum atomic E-state index is 13.7. The van der Waals surface area contributed by atoms with E-state index in [9.17, 15) is 8.78 Å². The van der Waals surface area contributed by atoms with Gasteiger partial charge in [0.25, 0.3) is 5.22 Å². The van der Waals surface area contributed by atoms with E-state index < -0.39 is 11.8 Å². The summed E-state index contributed by atoms with van der Waals surface area (Å²) in [6.45, 7) is -0.943. The number of imidazole rings is 1. The third kappa shape index (κ3) is 3.82. The fraction of sp³-hybridized carbons (Fsp3) is 0.250. The summed E-state index contributed by atoms with van der Waals surface area (Å²) in [4.78, 5) is 4.38. The summed E-state index contributed by atoms with van der Waals surface area (Å²) >= 11 is 1.16. The molecule has 0 aliphatic carbocycles. The van der Waals surface area contributed by atoms with Gasteiger partial charge in [0.1, 0.15) is 17.3 Å². The number of alkyl halides is 2. The average molecular weight is 432 g/mol. The first-order valence-corrected chi connectivity index (χ1v) is 9.86. The van der Waals surface area contributed by atoms with Gasteiger partial charge >= 0.3 is 6.55 Å². The highest BCUT2D eigenvalue weighted by molar-refractivity contribution is 7.99. The van der Waals surface area contributed by atoms with E-state index in [-0.39, 0.29) is 16.9 Å². The summed E-state index contributed by atoms with van der Waals surface area (Å²) in [7, 11) is 3.09. The number of rotatable bonds is 7. The molecule has 0 radical (unpaired) electrons. The molecule has 2 aromatic carbocycles. The first-order chi connectivity index (χ1) is 14.5. The van der Waals surface area contributed by atoms with Crippen LogP contribution < -0.4 is 9.47 Å². The van der Waals surface area contributed by atoms with Crippen LogP contribution in [0.3, 0.4) is 0 Å². The molecule has 0 saturated carbocycles. The Morgan fingerprint density at radius 1 is 1.03 bits per heavy atom. The van der Waals surface area contributed by atoms with Crippen LogP contribution in [0.25, 0.3) is 22.5 Å². The van der Waals surface area contributed by atoms with Crippen molar-refractivity contribution in [1.29, 1.82) is 0 Å². The number of methoxy groups -OCH3 is 2. The smallest absolute Gasteiger partial charge is 0.320 e. The maximum Gasteiger partial charge on any atom is 0.320 e. The summed E-state index contributed by atoms with van der Waals surface area (Å²) in [5.74, 6) is 1.66. The van der Waals surface area contributed by atoms with E-state index in [1.54, 1.807) is 63.6 Å². The second-order valence-corrected chi connectivity index (χ2v) is 7.63. The molecule has 0 spiro atoms. The van der Waals surface area contributed by atoms with Crippen LogP contribution in [-0.2, 0) is 0 Å². The molecule has 0 N–H and O–H groups in total. The second-order valence-electron chi connectivity index (χ2n) is 6.34. The highest BCUT2D eigenvalue weighted by Crippen LogP contribution is 2.38. The van der Waals surface area contributed by atoms with Gasteiger partial charge in [-0.15, -0.1) is 10.2 Å². The highest BCUT2D eigenvalue weighted by Gasteiger charge is 2.24. The number of fused-ring (bicyclic) bond motifs is 1. The van der Waals surface area contributed by atoms with Crippen molar-refractivity contribution in [1.82, 2.24) is 19.7 Å². The van der Waals surface area contributed by atoms with Gasteiger partial charge in [-0.3, -0.25) is 4.57 Å². The van der Waals surface area contributed by atoms with Gasteiger partial charge < -0.3 is 13.9 Å². The molecular formula is C20H18F2N4O3S. The lowest BCUT2D eigenvalue weighted by Gasteiger charge is -2.11. The Morgan fingerprint density at radius 2 is 1.73 bits per heavy atom. The third-order valence-electron chi connectivity index (χ3n) is 4.46. The average Bonchev–Trinajstić information content (AvgIpc) is 3.38. The molecule has 0 amide bonds. The topological polar surface area (TPSA) is 75.2 Å². The SMILES string of the molecule is COc1cc(OC)cc(-c2nnc(S[C@H](C)c3nc4ccccc4n3C(F)F)o2)c1. The van der Waals surface area contributed by atoms with Crippen molar-refractivity contribution in [3.8, 4) is 23.0 Å². The van der Waals surface area contributed by atoms with Crippen LogP contribution in [0.2, 0.25) is 0 Å². The fourth-order valence-corrected chi connectivity index (χ4v) is 3.85. The Morgan fingerprint density at radius 3 is 2.40 bits per heavy atom. The largest absolute Gasteiger partial charge is 0.497 e. The number of thioether (sulfide) groups is 1. The molecule has 30 heavy (non-hydrogen) atoms. The Labute approximate surface area is 175 Å². The first-order valence-electron chi connectivity index (χ1n) is 8.98. The number of halogens is 2. The number of ether oxygens (including phenoxy) is 2. The van der Waals surface area contributed by atoms with Crippen LogP contribution >= 0.6 is 11.8 Å². The highest BCUT2D eigenvalue weighted by atomic mass is 32.2. The minimum atomic E-state index is -2.71. The molecule has 10 heteroatoms. The lowest BCUT2D eigenvalue weighted by Crippen LogP contribution is -2.06. The lowest BCUT2D eigenvalue weighted by atomic mass is 10.2. The molecule has 2 heterocycles. The van der Waals surface area contributed by atoms with E-state index in [4.69, 9.17) is 13.9 Å². The quantitative estimate of drug-likeness (QED) is 0.364. The molecule has 4 rings (SSSR count). The molecular weight excluding hydrogens is 414 g/mol. The minimum Gasteiger partial charge on any atom is -0.497 e. The maximum absolute atomic E-state index is 13.7. The van der Waals surface area contributed by atoms with E-state index in [2.05, 4.69) is 15.2 Å². The number of para-hydroxylation sites is 2. The second kappa shape index (κ2) is 8.31. The van der Waals surface area contributed by atoms with Gasteiger partial charge in [0.15, 0.2) is 0 Å². The molecule has 2 aromatic heterocycles. The van der Waals surface area contributed by atoms with Gasteiger partial charge in [0, 0.05) is 11.6 Å². The van der Waals surface area contributed by atoms with Crippen LogP contribution in [-0.4, -0.2) is 34.0 Å². The predicted octanol–water partition coefficient (Wildman–Crippen LogP) is 5.35. The summed E-state index contributed by atoms with van der Waals surface area (Å²) in [6.07, 6.45) is 0. The molecule has 1 atom stereocenters. The van der Waals surface area contributed by atoms with Crippen molar-refractivity contribution in [3.05, 3.63) is 48.3 Å². The molecule has 0 aliphatic heterocycles. The van der Waals surface area contributed by atoms with E-state index in [0.29, 0.717) is 28.1 Å². The molecule has 7 nitrogen and oxygen atoms in total. The van der Waals surface area contributed by atoms with Gasteiger partial charge in [-0.05, 0) is 31.2 Å². The third-order valence-corrected chi connectivity index (χ3v) is 5.40. The van der Waals surface area contributed by atoms with Gasteiger partial charge in [-0.25, -0.2) is 4.98 Å². The van der Waals surface area contributed by atoms with Crippen molar-refractivity contribution in [3.63, 3.8) is 0 Å². The van der Waals surface area contributed by atoms with Crippen molar-refractivity contribution in [2.45, 2.75) is 23.9 Å². The Balaban J connectivity index is 1.62. The summed E-state index contributed by atoms with van der Waals surface area (Å²) < 4.78 is 44.6. The van der Waals surface area contributed by atoms with Crippen molar-refractivity contribution in [2.75, 3.05) is 14.2 Å². The molecule has 0 aliphatic rings. The number of hydrogen-bond donors (Lipinski definition) is 0. The van der Waals surface area contributed by atoms with Gasteiger partial charge in [-0.1, -0.05) is 23.9 Å². The van der Waals surface area contributed by atoms with Crippen LogP contribution in [0.1, 0.15) is 24.5 Å². The molecule has 156 valence electrons. The van der Waals surface area contributed by atoms with E-state index in [1.165, 1.54) is 0 Å². The van der Waals surface area contributed by atoms with Crippen LogP contribution in [0.4, 0.5) is 8.78 Å². The van der Waals surface area contributed by atoms with Crippen LogP contribution in [0, 0.1) is 0 Å². The normalized spacial score (nSPS) is 12.5. The Kier molecular flexibility index (Phi) is 5.58. The van der Waals surface area contributed by atoms with Crippen LogP contribution in [0.15, 0.2) is 52.1 Å². The summed E-state index contributed by atoms with van der Waals surface area (Å²) in [5, 5.41) is 7.90. The predicted molar refractivity (Wildman–Crippen MR) is 108 cm³/mol. The zero-order chi connectivity index (χ0) is 21.3. The standard InChI is InChI=1S/C20H18F2N4O3S/c1-11(17-23-15-6-4-5-7-16(15)26(17)19(21)22)30-20-25-24-18(29-20)12-8-13(27-2)10-14(9-12)28-3/h4-11,19H,1-3H3/t11-/m1/s1. The zero-order valence-electron chi connectivity index (χ0n) is 16.4. The first kappa shape index (κ1) is 20.1. The summed E-state index contributed by atoms with van der Waals surface area (Å²) in [6, 6.07) is 12.0.